The Morgan fingerprint density at radius 2 is 1.70 bits per heavy atom. The summed E-state index contributed by atoms with van der Waals surface area (Å²) in [5, 5.41) is 0. The lowest BCUT2D eigenvalue weighted by Gasteiger charge is -2.34. The lowest BCUT2D eigenvalue weighted by molar-refractivity contribution is 0.0595. The summed E-state index contributed by atoms with van der Waals surface area (Å²) in [5.74, 6) is 0.928. The molecule has 0 unspecified atom stereocenters. The molecule has 0 bridgehead atoms. The summed E-state index contributed by atoms with van der Waals surface area (Å²) in [4.78, 5) is 34.5. The number of pyridine rings is 1. The summed E-state index contributed by atoms with van der Waals surface area (Å²) >= 11 is 0. The minimum absolute atomic E-state index is 0.0564. The molecular formula is C25H32N4O4. The number of rotatable bonds is 6. The number of amides is 2. The molecule has 2 amide bonds. The van der Waals surface area contributed by atoms with Gasteiger partial charge in [-0.1, -0.05) is 12.1 Å². The molecule has 2 fully saturated rings. The van der Waals surface area contributed by atoms with Gasteiger partial charge in [0.05, 0.1) is 6.61 Å². The maximum Gasteiger partial charge on any atom is 0.409 e. The summed E-state index contributed by atoms with van der Waals surface area (Å²) in [6.07, 6.45) is 4.82. The van der Waals surface area contributed by atoms with E-state index in [1.807, 2.05) is 24.0 Å². The fraction of sp³-hybridized carbons (Fsp3) is 0.480. The van der Waals surface area contributed by atoms with Crippen molar-refractivity contribution in [1.29, 1.82) is 0 Å². The standard InChI is InChI=1S/C25H32N4O4/c1-2-32-25(31)29-16-14-27(15-17-29)19-20-4-3-5-23(18-20)33-22-8-12-28(13-9-22)24(30)21-6-10-26-11-7-21/h3-7,10-11,18,22H,2,8-9,12-17,19H2,1H3. The number of carbonyl (C=O) groups excluding carboxylic acids is 2. The second kappa shape index (κ2) is 11.1. The predicted molar refractivity (Wildman–Crippen MR) is 124 cm³/mol. The van der Waals surface area contributed by atoms with E-state index in [0.29, 0.717) is 38.3 Å². The van der Waals surface area contributed by atoms with E-state index in [2.05, 4.69) is 22.0 Å². The van der Waals surface area contributed by atoms with Crippen molar-refractivity contribution in [3.05, 3.63) is 59.9 Å². The van der Waals surface area contributed by atoms with Crippen LogP contribution in [0.25, 0.3) is 0 Å². The number of ether oxygens (including phenoxy) is 2. The first-order valence-corrected chi connectivity index (χ1v) is 11.7. The second-order valence-electron chi connectivity index (χ2n) is 8.45. The molecule has 176 valence electrons. The number of aromatic nitrogens is 1. The predicted octanol–water partition coefficient (Wildman–Crippen LogP) is 3.04. The van der Waals surface area contributed by atoms with Crippen molar-refractivity contribution in [3.8, 4) is 5.75 Å². The molecule has 0 spiro atoms. The van der Waals surface area contributed by atoms with Crippen LogP contribution in [0.2, 0.25) is 0 Å². The molecule has 2 aromatic rings. The van der Waals surface area contributed by atoms with Crippen LogP contribution < -0.4 is 4.74 Å². The summed E-state index contributed by atoms with van der Waals surface area (Å²) in [6.45, 7) is 7.47. The third kappa shape index (κ3) is 6.22. The van der Waals surface area contributed by atoms with E-state index in [-0.39, 0.29) is 18.1 Å². The number of piperazine rings is 1. The molecule has 8 heteroatoms. The summed E-state index contributed by atoms with van der Waals surface area (Å²) in [7, 11) is 0. The van der Waals surface area contributed by atoms with Crippen LogP contribution in [0.1, 0.15) is 35.7 Å². The Kier molecular flexibility index (Phi) is 7.78. The highest BCUT2D eigenvalue weighted by molar-refractivity contribution is 5.94. The fourth-order valence-corrected chi connectivity index (χ4v) is 4.32. The van der Waals surface area contributed by atoms with Gasteiger partial charge in [-0.25, -0.2) is 4.79 Å². The Hall–Kier alpha value is -3.13. The molecular weight excluding hydrogens is 420 g/mol. The van der Waals surface area contributed by atoms with E-state index in [4.69, 9.17) is 9.47 Å². The highest BCUT2D eigenvalue weighted by Gasteiger charge is 2.25. The normalized spacial score (nSPS) is 17.6. The maximum atomic E-state index is 12.6. The first-order valence-electron chi connectivity index (χ1n) is 11.7. The molecule has 1 aromatic heterocycles. The van der Waals surface area contributed by atoms with Gasteiger partial charge < -0.3 is 19.3 Å². The number of nitrogens with zero attached hydrogens (tertiary/aromatic N) is 4. The number of piperidine rings is 1. The van der Waals surface area contributed by atoms with Gasteiger partial charge in [-0.3, -0.25) is 14.7 Å². The molecule has 33 heavy (non-hydrogen) atoms. The topological polar surface area (TPSA) is 75.2 Å². The van der Waals surface area contributed by atoms with Crippen LogP contribution in [-0.2, 0) is 11.3 Å². The average Bonchev–Trinajstić information content (AvgIpc) is 2.85. The summed E-state index contributed by atoms with van der Waals surface area (Å²) < 4.78 is 11.4. The van der Waals surface area contributed by atoms with Crippen LogP contribution in [0.4, 0.5) is 4.79 Å². The van der Waals surface area contributed by atoms with Crippen LogP contribution in [0.15, 0.2) is 48.8 Å². The van der Waals surface area contributed by atoms with E-state index in [1.54, 1.807) is 29.4 Å². The minimum Gasteiger partial charge on any atom is -0.490 e. The van der Waals surface area contributed by atoms with Gasteiger partial charge in [-0.2, -0.15) is 0 Å². The molecule has 4 rings (SSSR count). The smallest absolute Gasteiger partial charge is 0.409 e. The zero-order valence-electron chi connectivity index (χ0n) is 19.2. The molecule has 8 nitrogen and oxygen atoms in total. The van der Waals surface area contributed by atoms with Crippen molar-refractivity contribution >= 4 is 12.0 Å². The van der Waals surface area contributed by atoms with Crippen molar-refractivity contribution in [3.63, 3.8) is 0 Å². The first-order chi connectivity index (χ1) is 16.1. The number of hydrogen-bond donors (Lipinski definition) is 0. The lowest BCUT2D eigenvalue weighted by atomic mass is 10.1. The Morgan fingerprint density at radius 3 is 2.39 bits per heavy atom. The van der Waals surface area contributed by atoms with E-state index < -0.39 is 0 Å². The summed E-state index contributed by atoms with van der Waals surface area (Å²) in [5.41, 5.74) is 1.88. The largest absolute Gasteiger partial charge is 0.490 e. The molecule has 0 radical (unpaired) electrons. The molecule has 0 atom stereocenters. The highest BCUT2D eigenvalue weighted by Crippen LogP contribution is 2.22. The number of likely N-dealkylation sites (tertiary alicyclic amines) is 1. The molecule has 0 N–H and O–H groups in total. The molecule has 2 saturated heterocycles. The van der Waals surface area contributed by atoms with Gasteiger partial charge in [0.1, 0.15) is 11.9 Å². The molecule has 3 heterocycles. The third-order valence-electron chi connectivity index (χ3n) is 6.16. The van der Waals surface area contributed by atoms with Gasteiger partial charge in [0, 0.05) is 76.6 Å². The molecule has 2 aliphatic rings. The highest BCUT2D eigenvalue weighted by atomic mass is 16.6. The average molecular weight is 453 g/mol. The zero-order valence-corrected chi connectivity index (χ0v) is 19.2. The minimum atomic E-state index is -0.221. The Labute approximate surface area is 195 Å². The van der Waals surface area contributed by atoms with Crippen molar-refractivity contribution in [2.75, 3.05) is 45.9 Å². The quantitative estimate of drug-likeness (QED) is 0.671. The van der Waals surface area contributed by atoms with Crippen LogP contribution >= 0.6 is 0 Å². The second-order valence-corrected chi connectivity index (χ2v) is 8.45. The number of hydrogen-bond acceptors (Lipinski definition) is 6. The Bertz CT molecular complexity index is 923. The SMILES string of the molecule is CCOC(=O)N1CCN(Cc2cccc(OC3CCN(C(=O)c4ccncc4)CC3)c2)CC1. The lowest BCUT2D eigenvalue weighted by Crippen LogP contribution is -2.48. The zero-order chi connectivity index (χ0) is 23.0. The fourth-order valence-electron chi connectivity index (χ4n) is 4.32. The van der Waals surface area contributed by atoms with Gasteiger partial charge in [0.25, 0.3) is 5.91 Å². The van der Waals surface area contributed by atoms with Crippen molar-refractivity contribution < 1.29 is 19.1 Å². The van der Waals surface area contributed by atoms with Crippen molar-refractivity contribution in [2.24, 2.45) is 0 Å². The maximum absolute atomic E-state index is 12.6. The molecule has 0 saturated carbocycles. The Morgan fingerprint density at radius 1 is 0.970 bits per heavy atom. The van der Waals surface area contributed by atoms with Gasteiger partial charge in [-0.05, 0) is 36.8 Å². The van der Waals surface area contributed by atoms with Gasteiger partial charge >= 0.3 is 6.09 Å². The number of carbonyl (C=O) groups is 2. The van der Waals surface area contributed by atoms with Crippen LogP contribution in [0.5, 0.6) is 5.75 Å². The first kappa shape index (κ1) is 23.0. The Balaban J connectivity index is 1.24. The molecule has 0 aliphatic carbocycles. The van der Waals surface area contributed by atoms with Crippen molar-refractivity contribution in [1.82, 2.24) is 19.7 Å². The van der Waals surface area contributed by atoms with E-state index >= 15 is 0 Å². The monoisotopic (exact) mass is 452 g/mol. The molecule has 2 aliphatic heterocycles. The summed E-state index contributed by atoms with van der Waals surface area (Å²) in [6, 6.07) is 11.8. The van der Waals surface area contributed by atoms with E-state index in [0.717, 1.165) is 38.2 Å². The van der Waals surface area contributed by atoms with Gasteiger partial charge in [-0.15, -0.1) is 0 Å². The van der Waals surface area contributed by atoms with Crippen LogP contribution in [0.3, 0.4) is 0 Å². The molecule has 1 aromatic carbocycles. The van der Waals surface area contributed by atoms with Gasteiger partial charge in [0.15, 0.2) is 0 Å². The van der Waals surface area contributed by atoms with E-state index in [9.17, 15) is 9.59 Å². The van der Waals surface area contributed by atoms with Crippen molar-refractivity contribution in [2.45, 2.75) is 32.4 Å². The van der Waals surface area contributed by atoms with E-state index in [1.165, 1.54) is 5.56 Å². The van der Waals surface area contributed by atoms with Crippen LogP contribution in [-0.4, -0.2) is 83.7 Å². The third-order valence-corrected chi connectivity index (χ3v) is 6.16. The van der Waals surface area contributed by atoms with Crippen LogP contribution in [0, 0.1) is 0 Å². The van der Waals surface area contributed by atoms with Gasteiger partial charge in [0.2, 0.25) is 0 Å². The number of benzene rings is 1.